The number of nitrogens with one attached hydrogen (secondary N) is 1. The van der Waals surface area contributed by atoms with E-state index in [9.17, 15) is 4.79 Å². The molecule has 0 aliphatic rings. The lowest BCUT2D eigenvalue weighted by Crippen LogP contribution is -2.27. The zero-order chi connectivity index (χ0) is 14.3. The largest absolute Gasteiger partial charge is 0.409 e. The minimum absolute atomic E-state index is 0.157. The predicted octanol–water partition coefficient (Wildman–Crippen LogP) is 0.604. The highest BCUT2D eigenvalue weighted by molar-refractivity contribution is 5.95. The van der Waals surface area contributed by atoms with Gasteiger partial charge in [-0.15, -0.1) is 0 Å². The summed E-state index contributed by atoms with van der Waals surface area (Å²) in [5.41, 5.74) is 7.28. The molecule has 0 fully saturated rings. The first-order valence-electron chi connectivity index (χ1n) is 6.16. The van der Waals surface area contributed by atoms with Gasteiger partial charge in [-0.1, -0.05) is 12.1 Å². The van der Waals surface area contributed by atoms with E-state index in [1.807, 2.05) is 6.92 Å². The number of oxime groups is 1. The van der Waals surface area contributed by atoms with Crippen molar-refractivity contribution in [2.45, 2.75) is 33.1 Å². The van der Waals surface area contributed by atoms with Gasteiger partial charge < -0.3 is 16.3 Å². The highest BCUT2D eigenvalue weighted by Gasteiger charge is 2.12. The van der Waals surface area contributed by atoms with Crippen molar-refractivity contribution in [2.75, 3.05) is 6.54 Å². The first-order chi connectivity index (χ1) is 9.08. The van der Waals surface area contributed by atoms with Crippen LogP contribution in [0.5, 0.6) is 0 Å². The van der Waals surface area contributed by atoms with Crippen LogP contribution < -0.4 is 11.1 Å². The van der Waals surface area contributed by atoms with Crippen LogP contribution in [-0.4, -0.2) is 33.7 Å². The monoisotopic (exact) mass is 265 g/mol. The van der Waals surface area contributed by atoms with Crippen LogP contribution in [0.15, 0.2) is 11.2 Å². The fraction of sp³-hybridized carbons (Fsp3) is 0.500. The lowest BCUT2D eigenvalue weighted by molar-refractivity contribution is 0.0951. The summed E-state index contributed by atoms with van der Waals surface area (Å²) >= 11 is 0. The topological polar surface area (TPSA) is 113 Å². The third-order valence-corrected chi connectivity index (χ3v) is 2.60. The highest BCUT2D eigenvalue weighted by atomic mass is 16.4. The Labute approximate surface area is 111 Å². The van der Waals surface area contributed by atoms with Gasteiger partial charge in [0.15, 0.2) is 0 Å². The number of aromatic nitrogens is 2. The van der Waals surface area contributed by atoms with Gasteiger partial charge in [0, 0.05) is 13.0 Å². The maximum Gasteiger partial charge on any atom is 0.253 e. The van der Waals surface area contributed by atoms with E-state index in [0.717, 1.165) is 0 Å². The SMILES string of the molecule is CCc1nnc(C)cc1C(=O)NCCCC(N)=NO. The van der Waals surface area contributed by atoms with Gasteiger partial charge in [-0.2, -0.15) is 10.2 Å². The van der Waals surface area contributed by atoms with Crippen molar-refractivity contribution in [3.63, 3.8) is 0 Å². The van der Waals surface area contributed by atoms with Crippen LogP contribution in [0.2, 0.25) is 0 Å². The van der Waals surface area contributed by atoms with Crippen LogP contribution in [0.1, 0.15) is 41.5 Å². The van der Waals surface area contributed by atoms with Gasteiger partial charge in [-0.25, -0.2) is 0 Å². The van der Waals surface area contributed by atoms with Crippen molar-refractivity contribution in [1.82, 2.24) is 15.5 Å². The van der Waals surface area contributed by atoms with E-state index in [1.165, 1.54) is 0 Å². The van der Waals surface area contributed by atoms with Gasteiger partial charge >= 0.3 is 0 Å². The number of amidine groups is 1. The number of hydrogen-bond acceptors (Lipinski definition) is 5. The summed E-state index contributed by atoms with van der Waals surface area (Å²) in [6, 6.07) is 1.73. The molecular formula is C12H19N5O2. The fourth-order valence-electron chi connectivity index (χ4n) is 1.59. The summed E-state index contributed by atoms with van der Waals surface area (Å²) in [5.74, 6) is -0.0146. The second kappa shape index (κ2) is 7.30. The lowest BCUT2D eigenvalue weighted by Gasteiger charge is -2.08. The minimum atomic E-state index is -0.172. The first-order valence-corrected chi connectivity index (χ1v) is 6.16. The molecule has 1 rings (SSSR count). The molecule has 0 atom stereocenters. The number of nitrogens with two attached hydrogens (primary N) is 1. The van der Waals surface area contributed by atoms with Crippen LogP contribution in [0, 0.1) is 6.92 Å². The molecule has 0 unspecified atom stereocenters. The molecule has 0 bridgehead atoms. The van der Waals surface area contributed by atoms with E-state index >= 15 is 0 Å². The number of nitrogens with zero attached hydrogens (tertiary/aromatic N) is 3. The van der Waals surface area contributed by atoms with Crippen LogP contribution in [0.25, 0.3) is 0 Å². The van der Waals surface area contributed by atoms with Gasteiger partial charge in [-0.3, -0.25) is 4.79 Å². The average Bonchev–Trinajstić information content (AvgIpc) is 2.42. The average molecular weight is 265 g/mol. The Morgan fingerprint density at radius 1 is 1.53 bits per heavy atom. The van der Waals surface area contributed by atoms with Crippen LogP contribution in [0.3, 0.4) is 0 Å². The Morgan fingerprint density at radius 3 is 2.89 bits per heavy atom. The first kappa shape index (κ1) is 14.9. The van der Waals surface area contributed by atoms with Crippen molar-refractivity contribution in [1.29, 1.82) is 0 Å². The number of hydrogen-bond donors (Lipinski definition) is 3. The standard InChI is InChI=1S/C12H19N5O2/c1-3-10-9(7-8(2)15-16-10)12(18)14-6-4-5-11(13)17-19/h7,19H,3-6H2,1-2H3,(H2,13,17)(H,14,18). The molecular weight excluding hydrogens is 246 g/mol. The third-order valence-electron chi connectivity index (χ3n) is 2.60. The van der Waals surface area contributed by atoms with Crippen LogP contribution in [0.4, 0.5) is 0 Å². The summed E-state index contributed by atoms with van der Waals surface area (Å²) in [5, 5.41) is 22.0. The van der Waals surface area contributed by atoms with Crippen molar-refractivity contribution < 1.29 is 10.0 Å². The van der Waals surface area contributed by atoms with E-state index in [2.05, 4.69) is 20.7 Å². The minimum Gasteiger partial charge on any atom is -0.409 e. The van der Waals surface area contributed by atoms with E-state index in [-0.39, 0.29) is 11.7 Å². The molecule has 0 aliphatic carbocycles. The molecule has 0 saturated carbocycles. The zero-order valence-electron chi connectivity index (χ0n) is 11.2. The second-order valence-electron chi connectivity index (χ2n) is 4.15. The van der Waals surface area contributed by atoms with Crippen molar-refractivity contribution in [2.24, 2.45) is 10.9 Å². The summed E-state index contributed by atoms with van der Waals surface area (Å²) in [6.45, 7) is 4.18. The molecule has 0 aliphatic heterocycles. The molecule has 7 heteroatoms. The van der Waals surface area contributed by atoms with E-state index in [0.29, 0.717) is 42.8 Å². The molecule has 4 N–H and O–H groups in total. The van der Waals surface area contributed by atoms with Crippen LogP contribution in [-0.2, 0) is 6.42 Å². The molecule has 0 spiro atoms. The fourth-order valence-corrected chi connectivity index (χ4v) is 1.59. The molecule has 0 radical (unpaired) electrons. The number of carbonyl (C=O) groups is 1. The molecule has 104 valence electrons. The normalized spacial score (nSPS) is 11.4. The van der Waals surface area contributed by atoms with E-state index in [4.69, 9.17) is 10.9 Å². The lowest BCUT2D eigenvalue weighted by atomic mass is 10.1. The van der Waals surface area contributed by atoms with Gasteiger partial charge in [0.05, 0.1) is 17.0 Å². The summed E-state index contributed by atoms with van der Waals surface area (Å²) in [4.78, 5) is 12.0. The summed E-state index contributed by atoms with van der Waals surface area (Å²) in [7, 11) is 0. The van der Waals surface area contributed by atoms with Gasteiger partial charge in [0.25, 0.3) is 5.91 Å². The molecule has 1 heterocycles. The number of carbonyl (C=O) groups excluding carboxylic acids is 1. The maximum atomic E-state index is 12.0. The van der Waals surface area contributed by atoms with Crippen LogP contribution >= 0.6 is 0 Å². The predicted molar refractivity (Wildman–Crippen MR) is 71.1 cm³/mol. The third kappa shape index (κ3) is 4.53. The number of rotatable bonds is 6. The highest BCUT2D eigenvalue weighted by Crippen LogP contribution is 2.07. The van der Waals surface area contributed by atoms with Gasteiger partial charge in [0.2, 0.25) is 0 Å². The Balaban J connectivity index is 2.56. The van der Waals surface area contributed by atoms with Crippen molar-refractivity contribution >= 4 is 11.7 Å². The molecule has 1 aromatic rings. The molecule has 19 heavy (non-hydrogen) atoms. The zero-order valence-corrected chi connectivity index (χ0v) is 11.2. The molecule has 0 aromatic carbocycles. The van der Waals surface area contributed by atoms with E-state index in [1.54, 1.807) is 13.0 Å². The smallest absolute Gasteiger partial charge is 0.253 e. The molecule has 1 amide bonds. The second-order valence-corrected chi connectivity index (χ2v) is 4.15. The van der Waals surface area contributed by atoms with Gasteiger partial charge in [0.1, 0.15) is 5.84 Å². The quantitative estimate of drug-likeness (QED) is 0.229. The van der Waals surface area contributed by atoms with E-state index < -0.39 is 0 Å². The Kier molecular flexibility index (Phi) is 5.72. The molecule has 7 nitrogen and oxygen atoms in total. The van der Waals surface area contributed by atoms with Gasteiger partial charge in [-0.05, 0) is 25.8 Å². The molecule has 1 aromatic heterocycles. The molecule has 0 saturated heterocycles. The Hall–Kier alpha value is -2.18. The Morgan fingerprint density at radius 2 is 2.26 bits per heavy atom. The van der Waals surface area contributed by atoms with Crippen molar-refractivity contribution in [3.05, 3.63) is 23.0 Å². The Bertz CT molecular complexity index is 473. The summed E-state index contributed by atoms with van der Waals surface area (Å²) in [6.07, 6.45) is 1.70. The summed E-state index contributed by atoms with van der Waals surface area (Å²) < 4.78 is 0. The number of aryl methyl sites for hydroxylation is 2. The number of amides is 1. The maximum absolute atomic E-state index is 12.0. The van der Waals surface area contributed by atoms with Crippen molar-refractivity contribution in [3.8, 4) is 0 Å².